The molecule has 0 amide bonds. The van der Waals surface area contributed by atoms with Crippen LogP contribution in [0.1, 0.15) is 33.5 Å². The van der Waals surface area contributed by atoms with Crippen molar-refractivity contribution in [3.05, 3.63) is 0 Å². The Bertz CT molecular complexity index is 229. The Kier molecular flexibility index (Phi) is 3.78. The third kappa shape index (κ3) is 1.89. The summed E-state index contributed by atoms with van der Waals surface area (Å²) in [6, 6.07) is 0. The standard InChI is InChI=1S/C11H16O2.Cs.H/c12-11(13)10-8-2-6-1-7(4-8)5-9(10)3-6;;/h6-10H,1-5H2,(H,12,13);;/q;+1;-1. The van der Waals surface area contributed by atoms with E-state index in [1.165, 1.54) is 32.1 Å². The zero-order valence-corrected chi connectivity index (χ0v) is 15.1. The van der Waals surface area contributed by atoms with Gasteiger partial charge in [-0.25, -0.2) is 0 Å². The molecule has 4 aliphatic carbocycles. The Balaban J connectivity index is 0.000000562. The second-order valence-corrected chi connectivity index (χ2v) is 5.29. The quantitative estimate of drug-likeness (QED) is 0.692. The molecule has 4 bridgehead atoms. The number of hydrogen-bond donors (Lipinski definition) is 1. The smallest absolute Gasteiger partial charge is 1.00 e. The van der Waals surface area contributed by atoms with E-state index in [0.717, 1.165) is 11.8 Å². The van der Waals surface area contributed by atoms with Crippen molar-refractivity contribution in [2.24, 2.45) is 29.6 Å². The van der Waals surface area contributed by atoms with E-state index >= 15 is 0 Å². The van der Waals surface area contributed by atoms with Crippen molar-refractivity contribution < 1.29 is 80.2 Å². The molecule has 0 aliphatic heterocycles. The van der Waals surface area contributed by atoms with E-state index in [4.69, 9.17) is 5.11 Å². The number of rotatable bonds is 1. The van der Waals surface area contributed by atoms with Gasteiger partial charge in [-0.15, -0.1) is 0 Å². The summed E-state index contributed by atoms with van der Waals surface area (Å²) >= 11 is 0. The maximum absolute atomic E-state index is 11.1. The summed E-state index contributed by atoms with van der Waals surface area (Å²) in [4.78, 5) is 11.1. The predicted molar refractivity (Wildman–Crippen MR) is 49.3 cm³/mol. The number of carboxylic acids is 1. The average Bonchev–Trinajstić information content (AvgIpc) is 2.00. The predicted octanol–water partition coefficient (Wildman–Crippen LogP) is -0.740. The van der Waals surface area contributed by atoms with Gasteiger partial charge in [0.25, 0.3) is 0 Å². The van der Waals surface area contributed by atoms with Crippen molar-refractivity contribution in [3.8, 4) is 0 Å². The van der Waals surface area contributed by atoms with E-state index in [2.05, 4.69) is 0 Å². The van der Waals surface area contributed by atoms with Crippen molar-refractivity contribution >= 4 is 5.97 Å². The first-order valence-electron chi connectivity index (χ1n) is 5.47. The fraction of sp³-hybridized carbons (Fsp3) is 0.909. The molecule has 0 heterocycles. The largest absolute Gasteiger partial charge is 1.00 e. The Morgan fingerprint density at radius 2 is 1.43 bits per heavy atom. The van der Waals surface area contributed by atoms with Crippen molar-refractivity contribution in [1.29, 1.82) is 0 Å². The Morgan fingerprint density at radius 3 is 1.79 bits per heavy atom. The number of carbonyl (C=O) groups is 1. The van der Waals surface area contributed by atoms with Gasteiger partial charge in [0.05, 0.1) is 5.92 Å². The molecule has 74 valence electrons. The molecule has 0 radical (unpaired) electrons. The monoisotopic (exact) mass is 314 g/mol. The molecular weight excluding hydrogens is 297 g/mol. The maximum Gasteiger partial charge on any atom is 1.00 e. The number of hydrogen-bond acceptors (Lipinski definition) is 1. The van der Waals surface area contributed by atoms with Crippen LogP contribution in [0.3, 0.4) is 0 Å². The summed E-state index contributed by atoms with van der Waals surface area (Å²) in [5.74, 6) is 2.35. The fourth-order valence-corrected chi connectivity index (χ4v) is 4.33. The van der Waals surface area contributed by atoms with E-state index in [-0.39, 0.29) is 76.2 Å². The Hall–Kier alpha value is 1.52. The summed E-state index contributed by atoms with van der Waals surface area (Å²) in [6.07, 6.45) is 6.25. The minimum Gasteiger partial charge on any atom is -1.00 e. The van der Waals surface area contributed by atoms with E-state index in [9.17, 15) is 4.79 Å². The first kappa shape index (κ1) is 12.0. The molecule has 4 aliphatic rings. The second kappa shape index (κ2) is 4.42. The van der Waals surface area contributed by atoms with Gasteiger partial charge in [-0.2, -0.15) is 0 Å². The molecule has 0 atom stereocenters. The van der Waals surface area contributed by atoms with Crippen molar-refractivity contribution in [1.82, 2.24) is 0 Å². The van der Waals surface area contributed by atoms with E-state index in [1.54, 1.807) is 0 Å². The van der Waals surface area contributed by atoms with Crippen molar-refractivity contribution in [2.75, 3.05) is 0 Å². The SMILES string of the molecule is O=C(O)C1C2CC3CC(C2)CC1C3.[Cs+].[H-]. The van der Waals surface area contributed by atoms with Gasteiger partial charge in [0, 0.05) is 0 Å². The van der Waals surface area contributed by atoms with Gasteiger partial charge in [0.1, 0.15) is 0 Å². The molecule has 4 fully saturated rings. The normalized spacial score (nSPS) is 48.7. The van der Waals surface area contributed by atoms with Crippen LogP contribution in [-0.2, 0) is 4.79 Å². The van der Waals surface area contributed by atoms with Crippen LogP contribution < -0.4 is 68.9 Å². The minimum absolute atomic E-state index is 0. The minimum atomic E-state index is -0.520. The summed E-state index contributed by atoms with van der Waals surface area (Å²) in [6.45, 7) is 0. The molecule has 0 saturated heterocycles. The molecule has 0 spiro atoms. The summed E-state index contributed by atoms with van der Waals surface area (Å²) in [5, 5.41) is 9.15. The molecule has 0 aromatic carbocycles. The van der Waals surface area contributed by atoms with Crippen LogP contribution in [0.5, 0.6) is 0 Å². The molecule has 0 aromatic heterocycles. The molecule has 3 heteroatoms. The summed E-state index contributed by atoms with van der Waals surface area (Å²) < 4.78 is 0. The third-order valence-corrected chi connectivity index (χ3v) is 4.51. The molecule has 4 saturated carbocycles. The summed E-state index contributed by atoms with van der Waals surface area (Å²) in [7, 11) is 0. The molecule has 4 rings (SSSR count). The van der Waals surface area contributed by atoms with Crippen LogP contribution in [0, 0.1) is 29.6 Å². The molecule has 0 unspecified atom stereocenters. The van der Waals surface area contributed by atoms with Gasteiger partial charge in [-0.05, 0) is 55.8 Å². The first-order valence-corrected chi connectivity index (χ1v) is 5.47. The zero-order chi connectivity index (χ0) is 9.00. The maximum atomic E-state index is 11.1. The van der Waals surface area contributed by atoms with E-state index in [0.29, 0.717) is 11.8 Å². The van der Waals surface area contributed by atoms with E-state index in [1.807, 2.05) is 0 Å². The molecule has 14 heavy (non-hydrogen) atoms. The van der Waals surface area contributed by atoms with Gasteiger partial charge in [0.2, 0.25) is 0 Å². The Morgan fingerprint density at radius 1 is 1.00 bits per heavy atom. The van der Waals surface area contributed by atoms with Crippen LogP contribution in [0.15, 0.2) is 0 Å². The van der Waals surface area contributed by atoms with Crippen LogP contribution in [0.25, 0.3) is 0 Å². The summed E-state index contributed by atoms with van der Waals surface area (Å²) in [5.41, 5.74) is 0. The van der Waals surface area contributed by atoms with E-state index < -0.39 is 5.97 Å². The molecule has 1 N–H and O–H groups in total. The van der Waals surface area contributed by atoms with Gasteiger partial charge in [0.15, 0.2) is 0 Å². The van der Waals surface area contributed by atoms with Gasteiger partial charge in [-0.1, -0.05) is 0 Å². The van der Waals surface area contributed by atoms with Gasteiger partial charge < -0.3 is 6.53 Å². The van der Waals surface area contributed by atoms with Crippen molar-refractivity contribution in [3.63, 3.8) is 0 Å². The van der Waals surface area contributed by atoms with Crippen LogP contribution in [0.4, 0.5) is 0 Å². The molecule has 2 nitrogen and oxygen atoms in total. The topological polar surface area (TPSA) is 37.3 Å². The Labute approximate surface area is 145 Å². The second-order valence-electron chi connectivity index (χ2n) is 5.29. The third-order valence-electron chi connectivity index (χ3n) is 4.51. The fourth-order valence-electron chi connectivity index (χ4n) is 4.33. The number of carboxylic acid groups (broad SMARTS) is 1. The van der Waals surface area contributed by atoms with Crippen LogP contribution in [-0.4, -0.2) is 11.1 Å². The van der Waals surface area contributed by atoms with Crippen LogP contribution >= 0.6 is 0 Å². The van der Waals surface area contributed by atoms with Gasteiger partial charge >= 0.3 is 74.9 Å². The number of aliphatic carboxylic acids is 1. The van der Waals surface area contributed by atoms with Gasteiger partial charge in [-0.3, -0.25) is 4.79 Å². The average molecular weight is 314 g/mol. The molecule has 0 aromatic rings. The van der Waals surface area contributed by atoms with Crippen molar-refractivity contribution in [2.45, 2.75) is 32.1 Å². The zero-order valence-electron chi connectivity index (χ0n) is 9.78. The molecular formula is C11H17CsO2. The van der Waals surface area contributed by atoms with Crippen LogP contribution in [0.2, 0.25) is 0 Å². The first-order chi connectivity index (χ1) is 6.24.